The molecule has 0 fully saturated rings. The highest BCUT2D eigenvalue weighted by atomic mass is 16.7. The third kappa shape index (κ3) is 1.72. The van der Waals surface area contributed by atoms with E-state index < -0.39 is 17.7 Å². The van der Waals surface area contributed by atoms with E-state index in [1.54, 1.807) is 6.07 Å². The van der Waals surface area contributed by atoms with E-state index in [1.165, 1.54) is 0 Å². The highest BCUT2D eigenvalue weighted by Crippen LogP contribution is 2.62. The minimum atomic E-state index is -1.02. The zero-order chi connectivity index (χ0) is 18.3. The van der Waals surface area contributed by atoms with Crippen LogP contribution in [0.25, 0.3) is 0 Å². The molecule has 0 bridgehead atoms. The second-order valence-electron chi connectivity index (χ2n) is 7.47. The number of hydrogen-bond acceptors (Lipinski definition) is 7. The maximum absolute atomic E-state index is 11.5. The number of benzene rings is 2. The Balaban J connectivity index is 1.61. The van der Waals surface area contributed by atoms with Crippen molar-refractivity contribution in [1.82, 2.24) is 4.90 Å². The normalized spacial score (nSPS) is 29.9. The van der Waals surface area contributed by atoms with E-state index in [4.69, 9.17) is 18.9 Å². The van der Waals surface area contributed by atoms with Gasteiger partial charge in [-0.15, -0.1) is 0 Å². The predicted octanol–water partition coefficient (Wildman–Crippen LogP) is 1.61. The Labute approximate surface area is 155 Å². The van der Waals surface area contributed by atoms with Crippen LogP contribution in [0.3, 0.4) is 0 Å². The first-order chi connectivity index (χ1) is 13.1. The molecular weight excluding hydrogens is 350 g/mol. The molecule has 3 aliphatic heterocycles. The molecule has 6 rings (SSSR count). The summed E-state index contributed by atoms with van der Waals surface area (Å²) in [6, 6.07) is 7.49. The second kappa shape index (κ2) is 5.07. The average Bonchev–Trinajstić information content (AvgIpc) is 3.37. The number of likely N-dealkylation sites (N-methyl/N-ethyl adjacent to an activating group) is 1. The molecule has 2 aromatic rings. The zero-order valence-electron chi connectivity index (χ0n) is 14.8. The molecule has 0 saturated carbocycles. The Morgan fingerprint density at radius 3 is 2.56 bits per heavy atom. The van der Waals surface area contributed by atoms with Crippen molar-refractivity contribution in [3.63, 3.8) is 0 Å². The molecule has 0 amide bonds. The van der Waals surface area contributed by atoms with E-state index in [2.05, 4.69) is 0 Å². The summed E-state index contributed by atoms with van der Waals surface area (Å²) in [7, 11) is 1.93. The Morgan fingerprint density at radius 1 is 0.963 bits per heavy atom. The molecule has 7 nitrogen and oxygen atoms in total. The number of aliphatic hydroxyl groups is 2. The minimum Gasteiger partial charge on any atom is -0.454 e. The maximum Gasteiger partial charge on any atom is 0.231 e. The van der Waals surface area contributed by atoms with Gasteiger partial charge in [-0.05, 0) is 48.4 Å². The molecule has 4 aliphatic rings. The summed E-state index contributed by atoms with van der Waals surface area (Å²) in [5.41, 5.74) is 2.18. The maximum atomic E-state index is 11.5. The van der Waals surface area contributed by atoms with Gasteiger partial charge in [0, 0.05) is 12.1 Å². The molecule has 1 spiro atoms. The molecule has 2 aromatic carbocycles. The summed E-state index contributed by atoms with van der Waals surface area (Å²) < 4.78 is 22.2. The third-order valence-electron chi connectivity index (χ3n) is 6.39. The highest BCUT2D eigenvalue weighted by Gasteiger charge is 2.60. The molecule has 0 saturated heterocycles. The van der Waals surface area contributed by atoms with Crippen LogP contribution in [0.4, 0.5) is 0 Å². The second-order valence-corrected chi connectivity index (χ2v) is 7.47. The fraction of sp³-hybridized carbons (Fsp3) is 0.400. The van der Waals surface area contributed by atoms with E-state index in [-0.39, 0.29) is 13.6 Å². The third-order valence-corrected chi connectivity index (χ3v) is 6.39. The van der Waals surface area contributed by atoms with E-state index in [0.717, 1.165) is 17.5 Å². The minimum absolute atomic E-state index is 0.118. The van der Waals surface area contributed by atoms with Gasteiger partial charge in [0.1, 0.15) is 17.7 Å². The molecule has 0 radical (unpaired) electrons. The van der Waals surface area contributed by atoms with Gasteiger partial charge in [0.15, 0.2) is 23.0 Å². The van der Waals surface area contributed by atoms with Gasteiger partial charge in [0.2, 0.25) is 13.6 Å². The van der Waals surface area contributed by atoms with Crippen LogP contribution >= 0.6 is 0 Å². The van der Waals surface area contributed by atoms with Crippen molar-refractivity contribution >= 4 is 0 Å². The lowest BCUT2D eigenvalue weighted by atomic mass is 9.75. The van der Waals surface area contributed by atoms with Crippen LogP contribution in [0, 0.1) is 0 Å². The molecule has 3 atom stereocenters. The van der Waals surface area contributed by atoms with Crippen molar-refractivity contribution in [3.05, 3.63) is 46.5 Å². The van der Waals surface area contributed by atoms with Crippen molar-refractivity contribution < 1.29 is 29.2 Å². The molecule has 0 aromatic heterocycles. The van der Waals surface area contributed by atoms with E-state index in [1.807, 2.05) is 30.1 Å². The van der Waals surface area contributed by atoms with Crippen molar-refractivity contribution in [2.75, 3.05) is 27.2 Å². The fourth-order valence-electron chi connectivity index (χ4n) is 5.09. The fourth-order valence-corrected chi connectivity index (χ4v) is 5.09. The van der Waals surface area contributed by atoms with Gasteiger partial charge in [-0.3, -0.25) is 4.90 Å². The van der Waals surface area contributed by atoms with Crippen molar-refractivity contribution in [1.29, 1.82) is 0 Å². The smallest absolute Gasteiger partial charge is 0.231 e. The van der Waals surface area contributed by atoms with E-state index >= 15 is 0 Å². The van der Waals surface area contributed by atoms with Gasteiger partial charge in [0.25, 0.3) is 0 Å². The predicted molar refractivity (Wildman–Crippen MR) is 93.1 cm³/mol. The van der Waals surface area contributed by atoms with E-state index in [0.29, 0.717) is 40.7 Å². The van der Waals surface area contributed by atoms with Gasteiger partial charge >= 0.3 is 0 Å². The summed E-state index contributed by atoms with van der Waals surface area (Å²) in [5.74, 6) is 2.48. The monoisotopic (exact) mass is 369 g/mol. The Kier molecular flexibility index (Phi) is 2.92. The van der Waals surface area contributed by atoms with Crippen LogP contribution in [-0.2, 0) is 12.0 Å². The number of ether oxygens (including phenoxy) is 4. The lowest BCUT2D eigenvalue weighted by Gasteiger charge is -2.48. The standard InChI is InChI=1S/C20H19NO6/c1-21-5-4-10-6-14-15(26-8-25-14)7-12(10)20(21)18(22)11-2-3-13-17(27-9-24-13)16(11)19(20)23/h2-3,6-7,18-19,22-23H,4-5,8-9H2,1H3/t18-,19+,20?/m1/s1. The molecular formula is C20H19NO6. The molecule has 140 valence electrons. The van der Waals surface area contributed by atoms with Gasteiger partial charge < -0.3 is 29.2 Å². The van der Waals surface area contributed by atoms with E-state index in [9.17, 15) is 10.2 Å². The number of rotatable bonds is 0. The van der Waals surface area contributed by atoms with Crippen molar-refractivity contribution in [2.45, 2.75) is 24.2 Å². The van der Waals surface area contributed by atoms with Gasteiger partial charge in [0.05, 0.1) is 0 Å². The van der Waals surface area contributed by atoms with Gasteiger partial charge in [-0.1, -0.05) is 6.07 Å². The Morgan fingerprint density at radius 2 is 1.70 bits per heavy atom. The zero-order valence-corrected chi connectivity index (χ0v) is 14.8. The summed E-state index contributed by atoms with van der Waals surface area (Å²) in [4.78, 5) is 2.04. The quantitative estimate of drug-likeness (QED) is 0.730. The van der Waals surface area contributed by atoms with Crippen LogP contribution in [0.15, 0.2) is 24.3 Å². The molecule has 7 heteroatoms. The van der Waals surface area contributed by atoms with Crippen LogP contribution in [0.2, 0.25) is 0 Å². The summed E-state index contributed by atoms with van der Waals surface area (Å²) in [5, 5.41) is 23.0. The Hall–Kier alpha value is -2.48. The topological polar surface area (TPSA) is 80.6 Å². The Bertz CT molecular complexity index is 975. The summed E-state index contributed by atoms with van der Waals surface area (Å²) in [6.07, 6.45) is -1.08. The average molecular weight is 369 g/mol. The van der Waals surface area contributed by atoms with Crippen LogP contribution in [-0.4, -0.2) is 42.3 Å². The summed E-state index contributed by atoms with van der Waals surface area (Å²) in [6.45, 7) is 1.01. The SMILES string of the molecule is CN1CCc2cc3c(cc2C12[C@H](O)c1ccc4c(c1[C@@H]2O)OCO4)OCO3. The van der Waals surface area contributed by atoms with Crippen molar-refractivity contribution in [3.8, 4) is 23.0 Å². The van der Waals surface area contributed by atoms with Gasteiger partial charge in [-0.2, -0.15) is 0 Å². The first-order valence-electron chi connectivity index (χ1n) is 9.05. The molecule has 3 heterocycles. The highest BCUT2D eigenvalue weighted by molar-refractivity contribution is 5.62. The molecule has 1 unspecified atom stereocenters. The molecule has 2 N–H and O–H groups in total. The summed E-state index contributed by atoms with van der Waals surface area (Å²) >= 11 is 0. The lowest BCUT2D eigenvalue weighted by Crippen LogP contribution is -2.53. The number of fused-ring (bicyclic) bond motifs is 6. The number of nitrogens with zero attached hydrogens (tertiary/aromatic N) is 1. The largest absolute Gasteiger partial charge is 0.454 e. The van der Waals surface area contributed by atoms with Gasteiger partial charge in [-0.25, -0.2) is 0 Å². The first-order valence-corrected chi connectivity index (χ1v) is 9.05. The number of aliphatic hydroxyl groups excluding tert-OH is 2. The van der Waals surface area contributed by atoms with Crippen LogP contribution in [0.1, 0.15) is 34.5 Å². The molecule has 27 heavy (non-hydrogen) atoms. The van der Waals surface area contributed by atoms with Crippen molar-refractivity contribution in [2.24, 2.45) is 0 Å². The first kappa shape index (κ1) is 15.6. The van der Waals surface area contributed by atoms with Crippen LogP contribution in [0.5, 0.6) is 23.0 Å². The number of hydrogen-bond donors (Lipinski definition) is 2. The van der Waals surface area contributed by atoms with Crippen LogP contribution < -0.4 is 18.9 Å². The lowest BCUT2D eigenvalue weighted by molar-refractivity contribution is -0.0951. The molecule has 1 aliphatic carbocycles.